The molecule has 23 heavy (non-hydrogen) atoms. The lowest BCUT2D eigenvalue weighted by molar-refractivity contribution is 0.102. The van der Waals surface area contributed by atoms with Crippen molar-refractivity contribution < 1.29 is 4.79 Å². The Hall–Kier alpha value is -2.05. The summed E-state index contributed by atoms with van der Waals surface area (Å²) < 4.78 is 1.72. The Bertz CT molecular complexity index is 836. The van der Waals surface area contributed by atoms with E-state index >= 15 is 0 Å². The highest BCUT2D eigenvalue weighted by atomic mass is 79.9. The minimum atomic E-state index is -0.257. The van der Waals surface area contributed by atoms with Crippen LogP contribution in [-0.2, 0) is 0 Å². The predicted molar refractivity (Wildman–Crippen MR) is 97.3 cm³/mol. The van der Waals surface area contributed by atoms with E-state index < -0.39 is 0 Å². The molecular weight excluding hydrogens is 422 g/mol. The first-order valence-electron chi connectivity index (χ1n) is 6.77. The largest absolute Gasteiger partial charge is 0.321 e. The van der Waals surface area contributed by atoms with E-state index in [1.807, 2.05) is 48.5 Å². The van der Waals surface area contributed by atoms with Crippen LogP contribution in [0.4, 0.5) is 5.69 Å². The Morgan fingerprint density at radius 2 is 1.65 bits per heavy atom. The first-order chi connectivity index (χ1) is 11.1. The second-order valence-electron chi connectivity index (χ2n) is 4.74. The Balaban J connectivity index is 1.78. The summed E-state index contributed by atoms with van der Waals surface area (Å²) in [6, 6.07) is 15.2. The Kier molecular flexibility index (Phi) is 4.83. The number of carbonyl (C=O) groups excluding carboxylic acids is 1. The molecule has 2 aromatic carbocycles. The second kappa shape index (κ2) is 7.02. The summed E-state index contributed by atoms with van der Waals surface area (Å²) in [5, 5.41) is 2.83. The number of halogens is 2. The molecule has 4 nitrogen and oxygen atoms in total. The van der Waals surface area contributed by atoms with Crippen LogP contribution in [-0.4, -0.2) is 15.9 Å². The summed E-state index contributed by atoms with van der Waals surface area (Å²) in [7, 11) is 0. The average Bonchev–Trinajstić information content (AvgIpc) is 2.58. The van der Waals surface area contributed by atoms with E-state index in [0.29, 0.717) is 17.1 Å². The number of hydrogen-bond acceptors (Lipinski definition) is 3. The van der Waals surface area contributed by atoms with Crippen molar-refractivity contribution in [3.05, 3.63) is 75.4 Å². The lowest BCUT2D eigenvalue weighted by atomic mass is 10.2. The summed E-state index contributed by atoms with van der Waals surface area (Å²) in [4.78, 5) is 20.8. The van der Waals surface area contributed by atoms with E-state index in [1.165, 1.54) is 12.4 Å². The van der Waals surface area contributed by atoms with Crippen LogP contribution in [0.15, 0.2) is 69.9 Å². The number of anilines is 1. The molecule has 0 saturated carbocycles. The molecule has 0 radical (unpaired) electrons. The van der Waals surface area contributed by atoms with Crippen molar-refractivity contribution in [2.45, 2.75) is 0 Å². The fourth-order valence-electron chi connectivity index (χ4n) is 1.97. The van der Waals surface area contributed by atoms with Gasteiger partial charge in [0.25, 0.3) is 5.91 Å². The monoisotopic (exact) mass is 431 g/mol. The summed E-state index contributed by atoms with van der Waals surface area (Å²) in [6.07, 6.45) is 3.05. The molecule has 0 bridgehead atoms. The highest BCUT2D eigenvalue weighted by molar-refractivity contribution is 9.11. The van der Waals surface area contributed by atoms with Crippen LogP contribution >= 0.6 is 31.9 Å². The minimum Gasteiger partial charge on any atom is -0.321 e. The summed E-state index contributed by atoms with van der Waals surface area (Å²) in [5.41, 5.74) is 2.00. The van der Waals surface area contributed by atoms with Crippen LogP contribution in [0.2, 0.25) is 0 Å². The average molecular weight is 433 g/mol. The fraction of sp³-hybridized carbons (Fsp3) is 0. The Morgan fingerprint density at radius 3 is 2.30 bits per heavy atom. The van der Waals surface area contributed by atoms with Gasteiger partial charge in [0.15, 0.2) is 5.82 Å². The maximum Gasteiger partial charge on any atom is 0.258 e. The zero-order chi connectivity index (χ0) is 16.2. The third kappa shape index (κ3) is 3.83. The standard InChI is InChI=1S/C17H11Br2N3O/c18-13-6-7-15(14(19)8-13)22-17(23)12-9-20-16(21-10-12)11-4-2-1-3-5-11/h1-10H,(H,22,23). The van der Waals surface area contributed by atoms with Gasteiger partial charge >= 0.3 is 0 Å². The second-order valence-corrected chi connectivity index (χ2v) is 6.51. The van der Waals surface area contributed by atoms with E-state index in [0.717, 1.165) is 14.5 Å². The van der Waals surface area contributed by atoms with Gasteiger partial charge in [0, 0.05) is 26.9 Å². The highest BCUT2D eigenvalue weighted by Gasteiger charge is 2.10. The van der Waals surface area contributed by atoms with E-state index in [2.05, 4.69) is 47.1 Å². The molecule has 0 aliphatic carbocycles. The third-order valence-electron chi connectivity index (χ3n) is 3.13. The van der Waals surface area contributed by atoms with E-state index in [4.69, 9.17) is 0 Å². The predicted octanol–water partition coefficient (Wildman–Crippen LogP) is 4.92. The van der Waals surface area contributed by atoms with Crippen molar-refractivity contribution in [2.75, 3.05) is 5.32 Å². The van der Waals surface area contributed by atoms with E-state index in [1.54, 1.807) is 0 Å². The van der Waals surface area contributed by atoms with Crippen molar-refractivity contribution in [3.8, 4) is 11.4 Å². The SMILES string of the molecule is O=C(Nc1ccc(Br)cc1Br)c1cnc(-c2ccccc2)nc1. The van der Waals surface area contributed by atoms with Crippen LogP contribution < -0.4 is 5.32 Å². The van der Waals surface area contributed by atoms with Gasteiger partial charge in [0.2, 0.25) is 0 Å². The third-order valence-corrected chi connectivity index (χ3v) is 4.27. The number of carbonyl (C=O) groups is 1. The van der Waals surface area contributed by atoms with Crippen molar-refractivity contribution >= 4 is 43.5 Å². The zero-order valence-electron chi connectivity index (χ0n) is 11.8. The smallest absolute Gasteiger partial charge is 0.258 e. The van der Waals surface area contributed by atoms with E-state index in [9.17, 15) is 4.79 Å². The van der Waals surface area contributed by atoms with Gasteiger partial charge in [-0.15, -0.1) is 0 Å². The van der Waals surface area contributed by atoms with Crippen LogP contribution in [0, 0.1) is 0 Å². The van der Waals surface area contributed by atoms with Gasteiger partial charge in [-0.05, 0) is 34.1 Å². The number of rotatable bonds is 3. The molecule has 3 rings (SSSR count). The summed E-state index contributed by atoms with van der Waals surface area (Å²) >= 11 is 6.79. The molecule has 3 aromatic rings. The number of nitrogens with zero attached hydrogens (tertiary/aromatic N) is 2. The van der Waals surface area contributed by atoms with Gasteiger partial charge in [-0.25, -0.2) is 9.97 Å². The maximum absolute atomic E-state index is 12.3. The lowest BCUT2D eigenvalue weighted by Gasteiger charge is -2.08. The van der Waals surface area contributed by atoms with E-state index in [-0.39, 0.29) is 5.91 Å². The number of nitrogens with one attached hydrogen (secondary N) is 1. The van der Waals surface area contributed by atoms with Crippen LogP contribution in [0.3, 0.4) is 0 Å². The topological polar surface area (TPSA) is 54.9 Å². The molecule has 114 valence electrons. The van der Waals surface area contributed by atoms with Crippen molar-refractivity contribution in [1.29, 1.82) is 0 Å². The molecule has 0 spiro atoms. The first kappa shape index (κ1) is 15.8. The lowest BCUT2D eigenvalue weighted by Crippen LogP contribution is -2.13. The highest BCUT2D eigenvalue weighted by Crippen LogP contribution is 2.26. The fourth-order valence-corrected chi connectivity index (χ4v) is 3.11. The molecule has 0 unspecified atom stereocenters. The van der Waals surface area contributed by atoms with Gasteiger partial charge in [0.1, 0.15) is 0 Å². The molecule has 1 aromatic heterocycles. The van der Waals surface area contributed by atoms with Crippen molar-refractivity contribution in [2.24, 2.45) is 0 Å². The van der Waals surface area contributed by atoms with Crippen LogP contribution in [0.5, 0.6) is 0 Å². The summed E-state index contributed by atoms with van der Waals surface area (Å²) in [5.74, 6) is 0.333. The molecule has 0 atom stereocenters. The summed E-state index contributed by atoms with van der Waals surface area (Å²) in [6.45, 7) is 0. The molecule has 0 fully saturated rings. The molecule has 1 N–H and O–H groups in total. The molecule has 0 aliphatic heterocycles. The zero-order valence-corrected chi connectivity index (χ0v) is 15.0. The number of benzene rings is 2. The number of hydrogen-bond donors (Lipinski definition) is 1. The Labute approximate surface area is 150 Å². The normalized spacial score (nSPS) is 10.3. The molecular formula is C17H11Br2N3O. The quantitative estimate of drug-likeness (QED) is 0.638. The molecule has 0 aliphatic rings. The first-order valence-corrected chi connectivity index (χ1v) is 8.36. The maximum atomic E-state index is 12.3. The van der Waals surface area contributed by atoms with Gasteiger partial charge in [-0.1, -0.05) is 46.3 Å². The number of amides is 1. The van der Waals surface area contributed by atoms with Gasteiger partial charge in [0.05, 0.1) is 11.3 Å². The number of aromatic nitrogens is 2. The van der Waals surface area contributed by atoms with Gasteiger partial charge in [-0.2, -0.15) is 0 Å². The molecule has 6 heteroatoms. The van der Waals surface area contributed by atoms with Crippen molar-refractivity contribution in [1.82, 2.24) is 9.97 Å². The van der Waals surface area contributed by atoms with Crippen LogP contribution in [0.25, 0.3) is 11.4 Å². The Morgan fingerprint density at radius 1 is 0.957 bits per heavy atom. The van der Waals surface area contributed by atoms with Crippen molar-refractivity contribution in [3.63, 3.8) is 0 Å². The molecule has 1 amide bonds. The molecule has 0 saturated heterocycles. The molecule has 1 heterocycles. The van der Waals surface area contributed by atoms with Gasteiger partial charge in [-0.3, -0.25) is 4.79 Å². The van der Waals surface area contributed by atoms with Gasteiger partial charge < -0.3 is 5.32 Å². The van der Waals surface area contributed by atoms with Crippen LogP contribution in [0.1, 0.15) is 10.4 Å². The minimum absolute atomic E-state index is 0.257.